The Kier molecular flexibility index (Phi) is 8.27. The maximum Gasteiger partial charge on any atom is 0.412 e. The van der Waals surface area contributed by atoms with E-state index >= 15 is 0 Å². The zero-order valence-electron chi connectivity index (χ0n) is 17.7. The van der Waals surface area contributed by atoms with Crippen molar-refractivity contribution in [1.29, 1.82) is 0 Å². The number of carboxylic acids is 1. The van der Waals surface area contributed by atoms with Crippen molar-refractivity contribution in [1.82, 2.24) is 15.6 Å². The lowest BCUT2D eigenvalue weighted by Crippen LogP contribution is -2.47. The minimum Gasteiger partial charge on any atom is -0.480 e. The molecule has 1 aromatic heterocycles. The van der Waals surface area contributed by atoms with Crippen LogP contribution in [0.5, 0.6) is 0 Å². The summed E-state index contributed by atoms with van der Waals surface area (Å²) in [4.78, 5) is 50.8. The van der Waals surface area contributed by atoms with Crippen LogP contribution in [0.25, 0.3) is 10.6 Å². The van der Waals surface area contributed by atoms with Crippen LogP contribution in [0.3, 0.4) is 0 Å². The van der Waals surface area contributed by atoms with Gasteiger partial charge < -0.3 is 25.6 Å². The molecule has 12 heteroatoms. The molecular formula is C20H24N4O7S. The number of carboxylic acid groups (broad SMARTS) is 1. The van der Waals surface area contributed by atoms with E-state index in [1.807, 2.05) is 0 Å². The van der Waals surface area contributed by atoms with Crippen molar-refractivity contribution in [3.8, 4) is 10.6 Å². The number of anilines is 1. The molecule has 0 saturated carbocycles. The number of rotatable bonds is 8. The standard InChI is InChI=1S/C20H24N4O7S/c1-20(2,3)31-19(30)22-12-6-4-11(5-7-12)17-24-14(10-32-17)16(27)21-8-15(26)23-13(9-25)18(28)29/h4-7,10,13,25H,8-9H2,1-3H3,(H,21,27)(H,22,30)(H,23,26)(H,28,29)/t13-/m0/s1. The average molecular weight is 465 g/mol. The van der Waals surface area contributed by atoms with Crippen LogP contribution < -0.4 is 16.0 Å². The van der Waals surface area contributed by atoms with Crippen LogP contribution in [-0.2, 0) is 14.3 Å². The number of benzene rings is 1. The number of nitrogens with zero attached hydrogens (tertiary/aromatic N) is 1. The second kappa shape index (κ2) is 10.7. The number of hydrogen-bond donors (Lipinski definition) is 5. The van der Waals surface area contributed by atoms with Crippen molar-refractivity contribution in [2.45, 2.75) is 32.4 Å². The number of thiazole rings is 1. The summed E-state index contributed by atoms with van der Waals surface area (Å²) in [5, 5.41) is 26.8. The van der Waals surface area contributed by atoms with Crippen molar-refractivity contribution < 1.29 is 34.1 Å². The Morgan fingerprint density at radius 1 is 1.16 bits per heavy atom. The zero-order valence-corrected chi connectivity index (χ0v) is 18.5. The van der Waals surface area contributed by atoms with Gasteiger partial charge in [-0.05, 0) is 45.0 Å². The van der Waals surface area contributed by atoms with Crippen molar-refractivity contribution in [2.24, 2.45) is 0 Å². The molecule has 0 bridgehead atoms. The Balaban J connectivity index is 1.92. The molecule has 3 amide bonds. The van der Waals surface area contributed by atoms with Crippen LogP contribution in [-0.4, -0.2) is 63.9 Å². The van der Waals surface area contributed by atoms with Crippen LogP contribution in [0.2, 0.25) is 0 Å². The third-order valence-electron chi connectivity index (χ3n) is 3.74. The molecule has 0 spiro atoms. The fraction of sp³-hybridized carbons (Fsp3) is 0.350. The minimum atomic E-state index is -1.45. The molecule has 172 valence electrons. The van der Waals surface area contributed by atoms with Crippen molar-refractivity contribution in [2.75, 3.05) is 18.5 Å². The van der Waals surface area contributed by atoms with Gasteiger partial charge in [0.25, 0.3) is 5.91 Å². The average Bonchev–Trinajstić information content (AvgIpc) is 3.19. The van der Waals surface area contributed by atoms with Crippen LogP contribution in [0, 0.1) is 0 Å². The number of amides is 3. The molecule has 0 aliphatic heterocycles. The monoisotopic (exact) mass is 464 g/mol. The largest absolute Gasteiger partial charge is 0.480 e. The number of hydrogen-bond acceptors (Lipinski definition) is 8. The van der Waals surface area contributed by atoms with Crippen LogP contribution in [0.15, 0.2) is 29.6 Å². The smallest absolute Gasteiger partial charge is 0.412 e. The fourth-order valence-corrected chi connectivity index (χ4v) is 3.12. The van der Waals surface area contributed by atoms with E-state index in [1.165, 1.54) is 16.7 Å². The minimum absolute atomic E-state index is 0.0886. The Bertz CT molecular complexity index is 983. The van der Waals surface area contributed by atoms with E-state index in [2.05, 4.69) is 20.9 Å². The molecule has 2 rings (SSSR count). The second-order valence-electron chi connectivity index (χ2n) is 7.57. The van der Waals surface area contributed by atoms with Gasteiger partial charge in [0.2, 0.25) is 5.91 Å². The molecule has 5 N–H and O–H groups in total. The Labute approximate surface area is 187 Å². The first-order chi connectivity index (χ1) is 15.0. The first kappa shape index (κ1) is 24.8. The molecular weight excluding hydrogens is 440 g/mol. The number of aliphatic hydroxyl groups excluding tert-OH is 1. The van der Waals surface area contributed by atoms with E-state index in [1.54, 1.807) is 45.0 Å². The molecule has 1 heterocycles. The quantitative estimate of drug-likeness (QED) is 0.391. The van der Waals surface area contributed by atoms with Crippen molar-refractivity contribution in [3.05, 3.63) is 35.3 Å². The summed E-state index contributed by atoms with van der Waals surface area (Å²) >= 11 is 1.22. The van der Waals surface area contributed by atoms with E-state index in [0.717, 1.165) is 0 Å². The summed E-state index contributed by atoms with van der Waals surface area (Å²) in [6.45, 7) is 4.05. The molecule has 0 radical (unpaired) electrons. The zero-order chi connectivity index (χ0) is 23.9. The predicted octanol–water partition coefficient (Wildman–Crippen LogP) is 1.45. The highest BCUT2D eigenvalue weighted by Crippen LogP contribution is 2.25. The topological polar surface area (TPSA) is 167 Å². The van der Waals surface area contributed by atoms with Crippen LogP contribution >= 0.6 is 11.3 Å². The molecule has 0 unspecified atom stereocenters. The van der Waals surface area contributed by atoms with E-state index in [0.29, 0.717) is 16.3 Å². The molecule has 2 aromatic rings. The number of carbonyl (C=O) groups excluding carboxylic acids is 3. The number of ether oxygens (including phenoxy) is 1. The molecule has 0 fully saturated rings. The Morgan fingerprint density at radius 3 is 2.38 bits per heavy atom. The molecule has 1 atom stereocenters. The third kappa shape index (κ3) is 7.63. The summed E-state index contributed by atoms with van der Waals surface area (Å²) in [6.07, 6.45) is -0.573. The van der Waals surface area contributed by atoms with Gasteiger partial charge in [-0.3, -0.25) is 14.9 Å². The molecule has 1 aromatic carbocycles. The Hall–Kier alpha value is -3.51. The van der Waals surface area contributed by atoms with Crippen LogP contribution in [0.1, 0.15) is 31.3 Å². The van der Waals surface area contributed by atoms with Gasteiger partial charge in [-0.1, -0.05) is 0 Å². The first-order valence-electron chi connectivity index (χ1n) is 9.45. The lowest BCUT2D eigenvalue weighted by molar-refractivity contribution is -0.142. The van der Waals surface area contributed by atoms with E-state index < -0.39 is 48.7 Å². The highest BCUT2D eigenvalue weighted by atomic mass is 32.1. The number of carbonyl (C=O) groups is 4. The number of aromatic nitrogens is 1. The van der Waals surface area contributed by atoms with Gasteiger partial charge in [0.05, 0.1) is 13.2 Å². The molecule has 0 saturated heterocycles. The summed E-state index contributed by atoms with van der Waals surface area (Å²) < 4.78 is 5.19. The second-order valence-corrected chi connectivity index (χ2v) is 8.42. The van der Waals surface area contributed by atoms with Gasteiger partial charge in [0, 0.05) is 16.6 Å². The van der Waals surface area contributed by atoms with E-state index in [9.17, 15) is 19.2 Å². The van der Waals surface area contributed by atoms with Crippen LogP contribution in [0.4, 0.5) is 10.5 Å². The molecule has 11 nitrogen and oxygen atoms in total. The molecule has 0 aliphatic rings. The number of nitrogens with one attached hydrogen (secondary N) is 3. The normalized spacial score (nSPS) is 11.9. The van der Waals surface area contributed by atoms with Crippen molar-refractivity contribution >= 4 is 40.9 Å². The number of aliphatic hydroxyl groups is 1. The Morgan fingerprint density at radius 2 is 1.81 bits per heavy atom. The van der Waals surface area contributed by atoms with Crippen molar-refractivity contribution in [3.63, 3.8) is 0 Å². The van der Waals surface area contributed by atoms with Gasteiger partial charge in [0.15, 0.2) is 0 Å². The van der Waals surface area contributed by atoms with E-state index in [-0.39, 0.29) is 5.69 Å². The first-order valence-corrected chi connectivity index (χ1v) is 10.3. The maximum absolute atomic E-state index is 12.2. The predicted molar refractivity (Wildman–Crippen MR) is 116 cm³/mol. The summed E-state index contributed by atoms with van der Waals surface area (Å²) in [5.41, 5.74) is 0.727. The summed E-state index contributed by atoms with van der Waals surface area (Å²) in [5.74, 6) is -2.76. The SMILES string of the molecule is CC(C)(C)OC(=O)Nc1ccc(-c2nc(C(=O)NCC(=O)N[C@@H](CO)C(=O)O)cs2)cc1. The highest BCUT2D eigenvalue weighted by molar-refractivity contribution is 7.13. The molecule has 0 aliphatic carbocycles. The highest BCUT2D eigenvalue weighted by Gasteiger charge is 2.20. The summed E-state index contributed by atoms with van der Waals surface area (Å²) in [6, 6.07) is 5.34. The lowest BCUT2D eigenvalue weighted by atomic mass is 10.2. The fourth-order valence-electron chi connectivity index (χ4n) is 2.31. The van der Waals surface area contributed by atoms with Gasteiger partial charge >= 0.3 is 12.1 Å². The van der Waals surface area contributed by atoms with E-state index in [4.69, 9.17) is 14.9 Å². The van der Waals surface area contributed by atoms with Gasteiger partial charge in [-0.15, -0.1) is 11.3 Å². The number of aliphatic carboxylic acids is 1. The van der Waals surface area contributed by atoms with Gasteiger partial charge in [-0.25, -0.2) is 14.6 Å². The summed E-state index contributed by atoms with van der Waals surface area (Å²) in [7, 11) is 0. The molecule has 32 heavy (non-hydrogen) atoms. The lowest BCUT2D eigenvalue weighted by Gasteiger charge is -2.19. The van der Waals surface area contributed by atoms with Gasteiger partial charge in [0.1, 0.15) is 22.3 Å². The maximum atomic E-state index is 12.2. The third-order valence-corrected chi connectivity index (χ3v) is 4.63. The van der Waals surface area contributed by atoms with Gasteiger partial charge in [-0.2, -0.15) is 0 Å².